The Hall–Kier alpha value is -3.66. The van der Waals surface area contributed by atoms with E-state index in [1.807, 2.05) is 61.5 Å². The van der Waals surface area contributed by atoms with Crippen LogP contribution in [0.1, 0.15) is 67.1 Å². The number of allylic oxidation sites excluding steroid dienone is 1. The third-order valence-corrected chi connectivity index (χ3v) is 6.69. The van der Waals surface area contributed by atoms with Crippen LogP contribution in [0.2, 0.25) is 0 Å². The first-order valence-electron chi connectivity index (χ1n) is 12.7. The zero-order valence-electron chi connectivity index (χ0n) is 22.0. The molecule has 0 heterocycles. The van der Waals surface area contributed by atoms with Gasteiger partial charge in [0.2, 0.25) is 0 Å². The van der Waals surface area contributed by atoms with Crippen LogP contribution in [0.5, 0.6) is 5.75 Å². The number of carbonyl (C=O) groups excluding carboxylic acids is 2. The van der Waals surface area contributed by atoms with Crippen LogP contribution in [-0.4, -0.2) is 18.8 Å². The molecule has 1 atom stereocenters. The van der Waals surface area contributed by atoms with E-state index in [2.05, 4.69) is 19.2 Å². The van der Waals surface area contributed by atoms with Crippen molar-refractivity contribution in [3.8, 4) is 5.75 Å². The Bertz CT molecular complexity index is 1210. The van der Waals surface area contributed by atoms with Gasteiger partial charge in [-0.25, -0.2) is 0 Å². The summed E-state index contributed by atoms with van der Waals surface area (Å²) in [6, 6.07) is 22.1. The molecule has 4 heteroatoms. The molecule has 0 saturated heterocycles. The average molecular weight is 484 g/mol. The minimum atomic E-state index is -0.209. The molecule has 1 aliphatic rings. The van der Waals surface area contributed by atoms with Gasteiger partial charge in [0.1, 0.15) is 5.75 Å². The van der Waals surface area contributed by atoms with Gasteiger partial charge in [0, 0.05) is 16.8 Å². The topological polar surface area (TPSA) is 55.4 Å². The maximum absolute atomic E-state index is 12.5. The van der Waals surface area contributed by atoms with Crippen LogP contribution < -0.4 is 10.1 Å². The highest BCUT2D eigenvalue weighted by Crippen LogP contribution is 2.37. The van der Waals surface area contributed by atoms with Crippen LogP contribution in [-0.2, 0) is 4.79 Å². The lowest BCUT2D eigenvalue weighted by Gasteiger charge is -2.10. The number of Topliss-reactive ketones (excluding diaryl/α,β-unsaturated/α-hetero) is 1. The zero-order valence-corrected chi connectivity index (χ0v) is 22.0. The molecule has 1 fully saturated rings. The van der Waals surface area contributed by atoms with Crippen molar-refractivity contribution in [2.75, 3.05) is 12.4 Å². The predicted molar refractivity (Wildman–Crippen MR) is 149 cm³/mol. The number of anilines is 1. The largest absolute Gasteiger partial charge is 0.497 e. The Morgan fingerprint density at radius 1 is 1.03 bits per heavy atom. The second kappa shape index (κ2) is 12.9. The molecule has 0 radical (unpaired) electrons. The van der Waals surface area contributed by atoms with Crippen molar-refractivity contribution >= 4 is 29.0 Å². The van der Waals surface area contributed by atoms with Crippen molar-refractivity contribution in [3.05, 3.63) is 95.1 Å². The number of hydrogen-bond acceptors (Lipinski definition) is 3. The minimum absolute atomic E-state index is 0.00743. The number of nitrogens with one attached hydrogen (secondary N) is 1. The van der Waals surface area contributed by atoms with Crippen molar-refractivity contribution in [2.45, 2.75) is 47.0 Å². The number of aryl methyl sites for hydroxylation is 1. The van der Waals surface area contributed by atoms with E-state index in [-0.39, 0.29) is 11.7 Å². The summed E-state index contributed by atoms with van der Waals surface area (Å²) in [7, 11) is 1.58. The van der Waals surface area contributed by atoms with E-state index in [4.69, 9.17) is 4.74 Å². The van der Waals surface area contributed by atoms with Gasteiger partial charge >= 0.3 is 0 Å². The Labute approximate surface area is 215 Å². The van der Waals surface area contributed by atoms with Crippen LogP contribution in [0, 0.1) is 18.8 Å². The van der Waals surface area contributed by atoms with Crippen molar-refractivity contribution in [1.29, 1.82) is 0 Å². The molecule has 0 aromatic heterocycles. The fourth-order valence-corrected chi connectivity index (χ4v) is 4.06. The highest BCUT2D eigenvalue weighted by molar-refractivity contribution is 6.24. The number of amides is 1. The van der Waals surface area contributed by atoms with E-state index < -0.39 is 0 Å². The molecule has 3 aromatic carbocycles. The van der Waals surface area contributed by atoms with E-state index in [1.165, 1.54) is 19.3 Å². The first-order chi connectivity index (χ1) is 17.3. The monoisotopic (exact) mass is 483 g/mol. The summed E-state index contributed by atoms with van der Waals surface area (Å²) < 4.78 is 5.12. The van der Waals surface area contributed by atoms with E-state index in [0.29, 0.717) is 22.6 Å². The predicted octanol–water partition coefficient (Wildman–Crippen LogP) is 7.83. The average Bonchev–Trinajstić information content (AvgIpc) is 3.74. The molecule has 0 bridgehead atoms. The van der Waals surface area contributed by atoms with Crippen LogP contribution in [0.4, 0.5) is 5.69 Å². The first kappa shape index (κ1) is 26.9. The van der Waals surface area contributed by atoms with E-state index >= 15 is 0 Å². The van der Waals surface area contributed by atoms with Crippen LogP contribution in [0.3, 0.4) is 0 Å². The summed E-state index contributed by atoms with van der Waals surface area (Å²) in [5, 5.41) is 2.90. The van der Waals surface area contributed by atoms with Gasteiger partial charge in [-0.1, -0.05) is 56.7 Å². The van der Waals surface area contributed by atoms with Gasteiger partial charge in [-0.2, -0.15) is 0 Å². The number of rotatable bonds is 8. The van der Waals surface area contributed by atoms with Crippen molar-refractivity contribution in [1.82, 2.24) is 0 Å². The lowest BCUT2D eigenvalue weighted by atomic mass is 9.96. The molecule has 1 amide bonds. The van der Waals surface area contributed by atoms with Gasteiger partial charge in [0.25, 0.3) is 5.91 Å². The smallest absolute Gasteiger partial charge is 0.255 e. The van der Waals surface area contributed by atoms with E-state index in [1.54, 1.807) is 38.3 Å². The molecule has 0 spiro atoms. The molecule has 4 rings (SSSR count). The van der Waals surface area contributed by atoms with Gasteiger partial charge in [-0.05, 0) is 97.7 Å². The van der Waals surface area contributed by atoms with Gasteiger partial charge in [-0.15, -0.1) is 0 Å². The van der Waals surface area contributed by atoms with E-state index in [9.17, 15) is 9.59 Å². The van der Waals surface area contributed by atoms with Crippen molar-refractivity contribution in [2.24, 2.45) is 11.8 Å². The second-order valence-corrected chi connectivity index (χ2v) is 9.46. The number of ether oxygens (including phenoxy) is 1. The SMILES string of the molecule is CCC(C)C1CC1.COc1ccc(C(=O)Nc2cccc(/C=C(\C(C)=O)c3ccccc3C)c2)cc1. The fourth-order valence-electron chi connectivity index (χ4n) is 4.06. The molecule has 0 aliphatic heterocycles. The Morgan fingerprint density at radius 2 is 1.72 bits per heavy atom. The molecule has 36 heavy (non-hydrogen) atoms. The van der Waals surface area contributed by atoms with Gasteiger partial charge in [-0.3, -0.25) is 9.59 Å². The van der Waals surface area contributed by atoms with Crippen LogP contribution in [0.15, 0.2) is 72.8 Å². The third-order valence-electron chi connectivity index (χ3n) is 6.69. The molecule has 3 aromatic rings. The first-order valence-corrected chi connectivity index (χ1v) is 12.7. The zero-order chi connectivity index (χ0) is 26.1. The second-order valence-electron chi connectivity index (χ2n) is 9.46. The van der Waals surface area contributed by atoms with Crippen molar-refractivity contribution < 1.29 is 14.3 Å². The Morgan fingerprint density at radius 3 is 2.28 bits per heavy atom. The number of methoxy groups -OCH3 is 1. The summed E-state index contributed by atoms with van der Waals surface area (Å²) in [5.74, 6) is 2.61. The normalized spacial score (nSPS) is 13.8. The van der Waals surface area contributed by atoms with Crippen molar-refractivity contribution in [3.63, 3.8) is 0 Å². The Kier molecular flexibility index (Phi) is 9.63. The molecule has 4 nitrogen and oxygen atoms in total. The summed E-state index contributed by atoms with van der Waals surface area (Å²) in [6.07, 6.45) is 6.25. The minimum Gasteiger partial charge on any atom is -0.497 e. The lowest BCUT2D eigenvalue weighted by Crippen LogP contribution is -2.11. The third kappa shape index (κ3) is 7.67. The molecule has 1 aliphatic carbocycles. The van der Waals surface area contributed by atoms with E-state index in [0.717, 1.165) is 28.5 Å². The summed E-state index contributed by atoms with van der Waals surface area (Å²) in [5.41, 5.74) is 4.63. The fraction of sp³-hybridized carbons (Fsp3) is 0.312. The van der Waals surface area contributed by atoms with Crippen LogP contribution >= 0.6 is 0 Å². The number of benzene rings is 3. The number of ketones is 1. The van der Waals surface area contributed by atoms with Gasteiger partial charge in [0.05, 0.1) is 7.11 Å². The molecule has 1 unspecified atom stereocenters. The molecule has 1 N–H and O–H groups in total. The van der Waals surface area contributed by atoms with Gasteiger partial charge < -0.3 is 10.1 Å². The standard InChI is InChI=1S/C25H23NO3.C7H14/c1-17-7-4-5-10-23(17)24(18(2)27)16-19-8-6-9-21(15-19)26-25(28)20-11-13-22(29-3)14-12-20;1-3-6(2)7-4-5-7/h4-16H,1-3H3,(H,26,28);6-7H,3-5H2,1-2H3/b24-16+;. The summed E-state index contributed by atoms with van der Waals surface area (Å²) in [6.45, 7) is 8.19. The lowest BCUT2D eigenvalue weighted by molar-refractivity contribution is -0.111. The molecular formula is C32H37NO3. The number of carbonyl (C=O) groups is 2. The molecule has 1 saturated carbocycles. The van der Waals surface area contributed by atoms with Crippen LogP contribution in [0.25, 0.3) is 11.6 Å². The summed E-state index contributed by atoms with van der Waals surface area (Å²) >= 11 is 0. The highest BCUT2D eigenvalue weighted by atomic mass is 16.5. The highest BCUT2D eigenvalue weighted by Gasteiger charge is 2.25. The molecular weight excluding hydrogens is 446 g/mol. The maximum atomic E-state index is 12.5. The molecule has 188 valence electrons. The quantitative estimate of drug-likeness (QED) is 0.262. The number of hydrogen-bond donors (Lipinski definition) is 1. The van der Waals surface area contributed by atoms with Gasteiger partial charge in [0.15, 0.2) is 5.78 Å². The maximum Gasteiger partial charge on any atom is 0.255 e. The summed E-state index contributed by atoms with van der Waals surface area (Å²) in [4.78, 5) is 24.8. The Balaban J connectivity index is 0.000000444.